The van der Waals surface area contributed by atoms with Crippen molar-refractivity contribution in [3.63, 3.8) is 0 Å². The van der Waals surface area contributed by atoms with Crippen LogP contribution in [-0.2, 0) is 11.3 Å². The fraction of sp³-hybridized carbons (Fsp3) is 0.464. The molecule has 0 radical (unpaired) electrons. The Bertz CT molecular complexity index is 1340. The molecule has 206 valence electrons. The van der Waals surface area contributed by atoms with Gasteiger partial charge in [-0.2, -0.15) is 5.10 Å². The van der Waals surface area contributed by atoms with Crippen LogP contribution in [0.2, 0.25) is 0 Å². The normalized spacial score (nSPS) is 17.2. The fourth-order valence-electron chi connectivity index (χ4n) is 5.27. The highest BCUT2D eigenvalue weighted by Crippen LogP contribution is 2.39. The predicted octanol–water partition coefficient (Wildman–Crippen LogP) is 4.40. The van der Waals surface area contributed by atoms with E-state index >= 15 is 0 Å². The summed E-state index contributed by atoms with van der Waals surface area (Å²) in [6.45, 7) is 9.30. The number of H-pyrrole nitrogens is 1. The molecule has 3 amide bonds. The minimum absolute atomic E-state index is 0.154. The van der Waals surface area contributed by atoms with Crippen molar-refractivity contribution in [3.8, 4) is 16.9 Å². The maximum Gasteiger partial charge on any atom is 0.410 e. The van der Waals surface area contributed by atoms with Crippen molar-refractivity contribution in [2.45, 2.75) is 58.2 Å². The van der Waals surface area contributed by atoms with E-state index in [0.29, 0.717) is 45.0 Å². The Morgan fingerprint density at radius 2 is 1.95 bits per heavy atom. The SMILES string of the molecule is COc1cccc(CN2C(=O)N(c3ncc(-c4cn[nH]c4)c(C)n3)CC23CCN(C(=O)OC(C)(C)C)CC3)c1. The minimum Gasteiger partial charge on any atom is -0.497 e. The molecule has 11 heteroatoms. The van der Waals surface area contributed by atoms with E-state index in [2.05, 4.69) is 15.2 Å². The number of hydrogen-bond donors (Lipinski definition) is 1. The van der Waals surface area contributed by atoms with E-state index in [9.17, 15) is 9.59 Å². The number of rotatable bonds is 5. The lowest BCUT2D eigenvalue weighted by Gasteiger charge is -2.43. The topological polar surface area (TPSA) is 117 Å². The van der Waals surface area contributed by atoms with Gasteiger partial charge in [-0.3, -0.25) is 10.00 Å². The maximum atomic E-state index is 14.0. The van der Waals surface area contributed by atoms with Crippen LogP contribution < -0.4 is 9.64 Å². The fourth-order valence-corrected chi connectivity index (χ4v) is 5.27. The van der Waals surface area contributed by atoms with E-state index in [4.69, 9.17) is 14.5 Å². The smallest absolute Gasteiger partial charge is 0.410 e. The number of urea groups is 1. The van der Waals surface area contributed by atoms with Crippen LogP contribution in [0.4, 0.5) is 15.5 Å². The molecule has 0 saturated carbocycles. The van der Waals surface area contributed by atoms with Gasteiger partial charge in [0.1, 0.15) is 11.4 Å². The van der Waals surface area contributed by atoms with Crippen LogP contribution in [0.25, 0.3) is 11.1 Å². The summed E-state index contributed by atoms with van der Waals surface area (Å²) in [4.78, 5) is 41.3. The van der Waals surface area contributed by atoms with Crippen molar-refractivity contribution >= 4 is 18.1 Å². The van der Waals surface area contributed by atoms with Gasteiger partial charge in [-0.25, -0.2) is 19.6 Å². The number of carbonyl (C=O) groups excluding carboxylic acids is 2. The molecular weight excluding hydrogens is 498 g/mol. The molecule has 2 aliphatic rings. The molecule has 2 saturated heterocycles. The van der Waals surface area contributed by atoms with Gasteiger partial charge in [0, 0.05) is 43.2 Å². The highest BCUT2D eigenvalue weighted by atomic mass is 16.6. The van der Waals surface area contributed by atoms with Crippen LogP contribution in [0, 0.1) is 6.92 Å². The van der Waals surface area contributed by atoms with Crippen molar-refractivity contribution in [2.75, 3.05) is 31.6 Å². The van der Waals surface area contributed by atoms with E-state index in [1.165, 1.54) is 0 Å². The third kappa shape index (κ3) is 5.39. The first-order valence-corrected chi connectivity index (χ1v) is 13.1. The highest BCUT2D eigenvalue weighted by Gasteiger charge is 2.52. The third-order valence-corrected chi connectivity index (χ3v) is 7.32. The van der Waals surface area contributed by atoms with Gasteiger partial charge < -0.3 is 19.3 Å². The average molecular weight is 534 g/mol. The lowest BCUT2D eigenvalue weighted by atomic mass is 9.86. The number of aryl methyl sites for hydroxylation is 1. The summed E-state index contributed by atoms with van der Waals surface area (Å²) < 4.78 is 11.0. The van der Waals surface area contributed by atoms with Crippen LogP contribution in [-0.4, -0.2) is 80.0 Å². The Morgan fingerprint density at radius 1 is 1.18 bits per heavy atom. The Morgan fingerprint density at radius 3 is 2.59 bits per heavy atom. The summed E-state index contributed by atoms with van der Waals surface area (Å²) in [7, 11) is 1.63. The summed E-state index contributed by atoms with van der Waals surface area (Å²) in [6.07, 6.45) is 6.14. The summed E-state index contributed by atoms with van der Waals surface area (Å²) >= 11 is 0. The second kappa shape index (κ2) is 10.2. The number of nitrogens with zero attached hydrogens (tertiary/aromatic N) is 6. The van der Waals surface area contributed by atoms with Crippen LogP contribution in [0.3, 0.4) is 0 Å². The van der Waals surface area contributed by atoms with Gasteiger partial charge >= 0.3 is 12.1 Å². The van der Waals surface area contributed by atoms with Crippen molar-refractivity contribution in [1.29, 1.82) is 0 Å². The van der Waals surface area contributed by atoms with Gasteiger partial charge in [-0.15, -0.1) is 0 Å². The number of piperidine rings is 1. The number of ether oxygens (including phenoxy) is 2. The van der Waals surface area contributed by atoms with E-state index in [1.54, 1.807) is 35.5 Å². The molecule has 5 rings (SSSR count). The van der Waals surface area contributed by atoms with Crippen LogP contribution in [0.1, 0.15) is 44.9 Å². The number of carbonyl (C=O) groups is 2. The number of nitrogens with one attached hydrogen (secondary N) is 1. The number of amides is 3. The molecule has 3 aromatic rings. The van der Waals surface area contributed by atoms with E-state index in [1.807, 2.05) is 56.9 Å². The largest absolute Gasteiger partial charge is 0.497 e. The molecule has 2 aromatic heterocycles. The number of aromatic amines is 1. The Labute approximate surface area is 228 Å². The summed E-state index contributed by atoms with van der Waals surface area (Å²) in [6, 6.07) is 7.58. The highest BCUT2D eigenvalue weighted by molar-refractivity contribution is 5.94. The van der Waals surface area contributed by atoms with Crippen LogP contribution >= 0.6 is 0 Å². The van der Waals surface area contributed by atoms with Gasteiger partial charge in [-0.05, 0) is 58.2 Å². The second-order valence-corrected chi connectivity index (χ2v) is 11.2. The lowest BCUT2D eigenvalue weighted by Crippen LogP contribution is -2.55. The van der Waals surface area contributed by atoms with E-state index < -0.39 is 11.1 Å². The number of aromatic nitrogens is 4. The van der Waals surface area contributed by atoms with Crippen molar-refractivity contribution in [2.24, 2.45) is 0 Å². The molecule has 2 aliphatic heterocycles. The quantitative estimate of drug-likeness (QED) is 0.517. The number of likely N-dealkylation sites (tertiary alicyclic amines) is 1. The van der Waals surface area contributed by atoms with Crippen molar-refractivity contribution < 1.29 is 19.1 Å². The zero-order valence-electron chi connectivity index (χ0n) is 23.1. The summed E-state index contributed by atoms with van der Waals surface area (Å²) in [5.74, 6) is 1.10. The third-order valence-electron chi connectivity index (χ3n) is 7.32. The molecule has 1 spiro atoms. The van der Waals surface area contributed by atoms with Gasteiger partial charge in [0.25, 0.3) is 0 Å². The molecule has 2 fully saturated rings. The Balaban J connectivity index is 1.43. The minimum atomic E-state index is -0.567. The standard InChI is InChI=1S/C28H35N7O4/c1-19-23(21-14-30-31-15-21)16-29-24(32-19)34-18-28(9-11-33(12-10-28)26(37)39-27(2,3)4)35(25(34)36)17-20-7-6-8-22(13-20)38-5/h6-8,13-16H,9-12,17-18H2,1-5H3,(H,30,31). The molecule has 0 unspecified atom stereocenters. The molecule has 1 N–H and O–H groups in total. The van der Waals surface area contributed by atoms with E-state index in [0.717, 1.165) is 28.1 Å². The first-order chi connectivity index (χ1) is 18.6. The lowest BCUT2D eigenvalue weighted by molar-refractivity contribution is 0.00785. The molecule has 1 aromatic carbocycles. The first-order valence-electron chi connectivity index (χ1n) is 13.1. The summed E-state index contributed by atoms with van der Waals surface area (Å²) in [5, 5.41) is 6.82. The van der Waals surface area contributed by atoms with E-state index in [-0.39, 0.29) is 12.1 Å². The van der Waals surface area contributed by atoms with Gasteiger partial charge in [0.15, 0.2) is 0 Å². The monoisotopic (exact) mass is 533 g/mol. The molecule has 39 heavy (non-hydrogen) atoms. The molecule has 4 heterocycles. The molecule has 0 bridgehead atoms. The zero-order valence-corrected chi connectivity index (χ0v) is 23.1. The zero-order chi connectivity index (χ0) is 27.8. The summed E-state index contributed by atoms with van der Waals surface area (Å²) in [5.41, 5.74) is 2.41. The first kappa shape index (κ1) is 26.5. The van der Waals surface area contributed by atoms with Crippen LogP contribution in [0.15, 0.2) is 42.9 Å². The molecular formula is C28H35N7O4. The van der Waals surface area contributed by atoms with Crippen molar-refractivity contribution in [1.82, 2.24) is 30.0 Å². The predicted molar refractivity (Wildman–Crippen MR) is 145 cm³/mol. The van der Waals surface area contributed by atoms with Gasteiger partial charge in [-0.1, -0.05) is 12.1 Å². The Kier molecular flexibility index (Phi) is 6.92. The van der Waals surface area contributed by atoms with Crippen LogP contribution in [0.5, 0.6) is 5.75 Å². The number of hydrogen-bond acceptors (Lipinski definition) is 7. The number of anilines is 1. The maximum absolute atomic E-state index is 14.0. The molecule has 11 nitrogen and oxygen atoms in total. The second-order valence-electron chi connectivity index (χ2n) is 11.2. The number of benzene rings is 1. The number of methoxy groups -OCH3 is 1. The molecule has 0 aliphatic carbocycles. The van der Waals surface area contributed by atoms with Gasteiger partial charge in [0.2, 0.25) is 5.95 Å². The molecule has 0 atom stereocenters. The Hall–Kier alpha value is -4.15. The average Bonchev–Trinajstić information content (AvgIpc) is 3.52. The van der Waals surface area contributed by atoms with Gasteiger partial charge in [0.05, 0.1) is 31.1 Å². The van der Waals surface area contributed by atoms with Crippen molar-refractivity contribution in [3.05, 3.63) is 54.1 Å².